The number of carbonyl (C=O) groups excluding carboxylic acids is 1. The third kappa shape index (κ3) is 3.45. The minimum absolute atomic E-state index is 0.104. The molecule has 1 fully saturated rings. The number of hydrogen-bond acceptors (Lipinski definition) is 6. The molecule has 166 valence electrons. The molecule has 1 atom stereocenters. The summed E-state index contributed by atoms with van der Waals surface area (Å²) in [5.74, 6) is -0.449. The van der Waals surface area contributed by atoms with E-state index < -0.39 is 16.0 Å². The van der Waals surface area contributed by atoms with Gasteiger partial charge in [-0.3, -0.25) is 4.68 Å². The van der Waals surface area contributed by atoms with Crippen LogP contribution in [0.1, 0.15) is 58.9 Å². The first kappa shape index (κ1) is 21.6. The van der Waals surface area contributed by atoms with Gasteiger partial charge in [-0.05, 0) is 58.7 Å². The highest BCUT2D eigenvalue weighted by Crippen LogP contribution is 2.40. The van der Waals surface area contributed by atoms with Crippen molar-refractivity contribution in [1.29, 1.82) is 0 Å². The third-order valence-electron chi connectivity index (χ3n) is 6.08. The Morgan fingerprint density at radius 3 is 2.68 bits per heavy atom. The second-order valence-corrected chi connectivity index (χ2v) is 9.81. The number of nitrogens with zero attached hydrogens (tertiary/aromatic N) is 3. The Morgan fingerprint density at radius 2 is 2.03 bits per heavy atom. The van der Waals surface area contributed by atoms with Crippen molar-refractivity contribution in [2.24, 2.45) is 7.05 Å². The van der Waals surface area contributed by atoms with Gasteiger partial charge in [0.25, 0.3) is 0 Å². The van der Waals surface area contributed by atoms with Gasteiger partial charge in [0.2, 0.25) is 15.8 Å². The summed E-state index contributed by atoms with van der Waals surface area (Å²) in [6.07, 6.45) is 1.55. The van der Waals surface area contributed by atoms with Crippen LogP contribution in [0.2, 0.25) is 0 Å². The molecule has 0 amide bonds. The molecule has 1 aliphatic heterocycles. The van der Waals surface area contributed by atoms with Gasteiger partial charge in [-0.25, -0.2) is 13.2 Å². The number of benzene rings is 1. The highest BCUT2D eigenvalue weighted by Gasteiger charge is 2.39. The lowest BCUT2D eigenvalue weighted by atomic mass is 10.0. The van der Waals surface area contributed by atoms with Gasteiger partial charge in [0.15, 0.2) is 0 Å². The van der Waals surface area contributed by atoms with Gasteiger partial charge in [-0.2, -0.15) is 9.40 Å². The monoisotopic (exact) mass is 445 g/mol. The van der Waals surface area contributed by atoms with E-state index in [0.29, 0.717) is 23.1 Å². The zero-order chi connectivity index (χ0) is 22.5. The molecule has 8 nitrogen and oxygen atoms in total. The molecule has 31 heavy (non-hydrogen) atoms. The van der Waals surface area contributed by atoms with E-state index in [9.17, 15) is 13.2 Å². The fourth-order valence-corrected chi connectivity index (χ4v) is 6.17. The molecule has 1 aromatic carbocycles. The lowest BCUT2D eigenvalue weighted by molar-refractivity contribution is 0.0491. The average molecular weight is 446 g/mol. The minimum atomic E-state index is -3.75. The molecule has 2 aromatic heterocycles. The van der Waals surface area contributed by atoms with Crippen molar-refractivity contribution in [3.8, 4) is 0 Å². The number of fused-ring (bicyclic) bond motifs is 1. The Kier molecular flexibility index (Phi) is 5.43. The van der Waals surface area contributed by atoms with Crippen LogP contribution in [0, 0.1) is 20.8 Å². The van der Waals surface area contributed by atoms with E-state index in [1.165, 1.54) is 6.07 Å². The van der Waals surface area contributed by atoms with Crippen LogP contribution in [0.3, 0.4) is 0 Å². The van der Waals surface area contributed by atoms with Gasteiger partial charge in [-0.15, -0.1) is 0 Å². The fourth-order valence-electron chi connectivity index (χ4n) is 4.48. The van der Waals surface area contributed by atoms with Crippen LogP contribution in [-0.4, -0.2) is 41.6 Å². The predicted molar refractivity (Wildman–Crippen MR) is 115 cm³/mol. The quantitative estimate of drug-likeness (QED) is 0.555. The minimum Gasteiger partial charge on any atom is -0.460 e. The van der Waals surface area contributed by atoms with Gasteiger partial charge in [0, 0.05) is 35.8 Å². The zero-order valence-electron chi connectivity index (χ0n) is 18.4. The van der Waals surface area contributed by atoms with Crippen LogP contribution in [0.5, 0.6) is 0 Å². The number of hydrogen-bond donors (Lipinski definition) is 0. The van der Waals surface area contributed by atoms with E-state index in [-0.39, 0.29) is 23.3 Å². The number of rotatable bonds is 5. The maximum atomic E-state index is 13.6. The third-order valence-corrected chi connectivity index (χ3v) is 7.98. The summed E-state index contributed by atoms with van der Waals surface area (Å²) in [5, 5.41) is 5.06. The fraction of sp³-hybridized carbons (Fsp3) is 0.455. The van der Waals surface area contributed by atoms with Crippen molar-refractivity contribution in [3.63, 3.8) is 0 Å². The molecule has 0 aliphatic carbocycles. The normalized spacial score (nSPS) is 17.5. The standard InChI is InChI=1S/C22H27N3O5S/c1-6-29-22(26)21-13(2)17-12-16(9-10-19(17)30-21)31(27,28)25-11-7-8-18(25)20-14(3)23-24(5)15(20)4/h9-10,12,18H,6-8,11H2,1-5H3. The molecular formula is C22H27N3O5S. The van der Waals surface area contributed by atoms with Crippen LogP contribution < -0.4 is 0 Å². The molecule has 0 radical (unpaired) electrons. The summed E-state index contributed by atoms with van der Waals surface area (Å²) in [7, 11) is -1.88. The molecule has 0 saturated carbocycles. The van der Waals surface area contributed by atoms with Crippen molar-refractivity contribution in [3.05, 3.63) is 46.5 Å². The number of sulfonamides is 1. The maximum absolute atomic E-state index is 13.6. The zero-order valence-corrected chi connectivity index (χ0v) is 19.2. The van der Waals surface area contributed by atoms with Crippen LogP contribution >= 0.6 is 0 Å². The van der Waals surface area contributed by atoms with Gasteiger partial charge in [0.05, 0.1) is 23.2 Å². The molecule has 1 saturated heterocycles. The Hall–Kier alpha value is -2.65. The lowest BCUT2D eigenvalue weighted by Crippen LogP contribution is -2.31. The van der Waals surface area contributed by atoms with Crippen molar-refractivity contribution < 1.29 is 22.4 Å². The number of furan rings is 1. The SMILES string of the molecule is CCOC(=O)c1oc2ccc(S(=O)(=O)N3CCCC3c3c(C)nn(C)c3C)cc2c1C. The summed E-state index contributed by atoms with van der Waals surface area (Å²) in [6, 6.07) is 4.48. The first-order valence-electron chi connectivity index (χ1n) is 10.4. The van der Waals surface area contributed by atoms with E-state index in [1.54, 1.807) is 35.0 Å². The van der Waals surface area contributed by atoms with Crippen molar-refractivity contribution >= 4 is 27.0 Å². The number of esters is 1. The van der Waals surface area contributed by atoms with E-state index >= 15 is 0 Å². The lowest BCUT2D eigenvalue weighted by Gasteiger charge is -2.24. The van der Waals surface area contributed by atoms with Crippen LogP contribution in [0.4, 0.5) is 0 Å². The van der Waals surface area contributed by atoms with E-state index in [2.05, 4.69) is 5.10 Å². The van der Waals surface area contributed by atoms with Crippen molar-refractivity contribution in [2.45, 2.75) is 51.5 Å². The van der Waals surface area contributed by atoms with Crippen LogP contribution in [0.25, 0.3) is 11.0 Å². The summed E-state index contributed by atoms with van der Waals surface area (Å²) < 4.78 is 41.3. The second-order valence-electron chi connectivity index (χ2n) is 7.92. The Bertz CT molecular complexity index is 1270. The smallest absolute Gasteiger partial charge is 0.374 e. The first-order valence-corrected chi connectivity index (χ1v) is 11.8. The molecule has 3 heterocycles. The Morgan fingerprint density at radius 1 is 1.29 bits per heavy atom. The molecule has 0 spiro atoms. The van der Waals surface area contributed by atoms with Crippen LogP contribution in [-0.2, 0) is 21.8 Å². The topological polar surface area (TPSA) is 94.6 Å². The summed E-state index contributed by atoms with van der Waals surface area (Å²) in [6.45, 7) is 8.03. The summed E-state index contributed by atoms with van der Waals surface area (Å²) in [4.78, 5) is 12.3. The highest BCUT2D eigenvalue weighted by molar-refractivity contribution is 7.89. The highest BCUT2D eigenvalue weighted by atomic mass is 32.2. The molecule has 0 N–H and O–H groups in total. The van der Waals surface area contributed by atoms with Crippen molar-refractivity contribution in [2.75, 3.05) is 13.2 Å². The number of ether oxygens (including phenoxy) is 1. The van der Waals surface area contributed by atoms with Gasteiger partial charge < -0.3 is 9.15 Å². The van der Waals surface area contributed by atoms with E-state index in [1.807, 2.05) is 20.9 Å². The Labute approximate surface area is 181 Å². The molecule has 1 aliphatic rings. The molecule has 3 aromatic rings. The second kappa shape index (κ2) is 7.80. The van der Waals surface area contributed by atoms with Gasteiger partial charge >= 0.3 is 5.97 Å². The average Bonchev–Trinajstić information content (AvgIpc) is 3.39. The molecule has 4 rings (SSSR count). The molecule has 1 unspecified atom stereocenters. The van der Waals surface area contributed by atoms with E-state index in [0.717, 1.165) is 29.8 Å². The number of aryl methyl sites for hydroxylation is 3. The van der Waals surface area contributed by atoms with Crippen LogP contribution in [0.15, 0.2) is 27.5 Å². The molecule has 9 heteroatoms. The predicted octanol–water partition coefficient (Wildman–Crippen LogP) is 3.79. The number of carbonyl (C=O) groups is 1. The van der Waals surface area contributed by atoms with Gasteiger partial charge in [-0.1, -0.05) is 0 Å². The summed E-state index contributed by atoms with van der Waals surface area (Å²) in [5.41, 5.74) is 3.84. The van der Waals surface area contributed by atoms with Crippen molar-refractivity contribution in [1.82, 2.24) is 14.1 Å². The Balaban J connectivity index is 1.76. The molecular weight excluding hydrogens is 418 g/mol. The first-order chi connectivity index (χ1) is 14.7. The maximum Gasteiger partial charge on any atom is 0.374 e. The number of aromatic nitrogens is 2. The largest absolute Gasteiger partial charge is 0.460 e. The molecule has 0 bridgehead atoms. The van der Waals surface area contributed by atoms with E-state index in [4.69, 9.17) is 9.15 Å². The summed E-state index contributed by atoms with van der Waals surface area (Å²) >= 11 is 0. The van der Waals surface area contributed by atoms with Gasteiger partial charge in [0.1, 0.15) is 5.58 Å².